The molecule has 1 heterocycles. The van der Waals surface area contributed by atoms with Crippen molar-refractivity contribution in [2.24, 2.45) is 5.92 Å². The number of hydrogen-bond donors (Lipinski definition) is 0. The Morgan fingerprint density at radius 2 is 1.79 bits per heavy atom. The summed E-state index contributed by atoms with van der Waals surface area (Å²) in [6.07, 6.45) is 3.11. The third-order valence-electron chi connectivity index (χ3n) is 3.79. The zero-order valence-electron chi connectivity index (χ0n) is 12.3. The summed E-state index contributed by atoms with van der Waals surface area (Å²) in [4.78, 5) is 23.6. The van der Waals surface area contributed by atoms with Gasteiger partial charge in [0.1, 0.15) is 11.6 Å². The first-order valence-electron chi connectivity index (χ1n) is 6.97. The van der Waals surface area contributed by atoms with Crippen molar-refractivity contribution in [1.29, 1.82) is 0 Å². The fourth-order valence-corrected chi connectivity index (χ4v) is 2.58. The van der Waals surface area contributed by atoms with E-state index in [-0.39, 0.29) is 11.2 Å². The fraction of sp³-hybridized carbons (Fsp3) is 0.786. The third kappa shape index (κ3) is 2.96. The molecule has 0 N–H and O–H groups in total. The monoisotopic (exact) mass is 265 g/mol. The molecule has 0 radical (unpaired) electrons. The predicted octanol–water partition coefficient (Wildman–Crippen LogP) is 1.87. The minimum atomic E-state index is -0.296. The van der Waals surface area contributed by atoms with E-state index in [1.165, 1.54) is 0 Å². The highest BCUT2D eigenvalue weighted by Gasteiger charge is 2.24. The van der Waals surface area contributed by atoms with E-state index in [0.717, 1.165) is 18.7 Å². The van der Waals surface area contributed by atoms with E-state index in [1.54, 1.807) is 9.25 Å². The summed E-state index contributed by atoms with van der Waals surface area (Å²) in [5.74, 6) is 1.54. The zero-order valence-corrected chi connectivity index (χ0v) is 12.3. The first-order valence-corrected chi connectivity index (χ1v) is 6.97. The Morgan fingerprint density at radius 3 is 2.26 bits per heavy atom. The number of rotatable bonds is 2. The lowest BCUT2D eigenvalue weighted by Gasteiger charge is -2.21. The molecule has 5 nitrogen and oxygen atoms in total. The number of hydrogen-bond acceptors (Lipinski definition) is 3. The van der Waals surface area contributed by atoms with Gasteiger partial charge in [-0.1, -0.05) is 0 Å². The molecule has 0 aliphatic heterocycles. The first-order chi connectivity index (χ1) is 8.79. The number of carbonyl (C=O) groups excluding carboxylic acids is 1. The maximum atomic E-state index is 12.4. The summed E-state index contributed by atoms with van der Waals surface area (Å²) in [5, 5.41) is 4.36. The van der Waals surface area contributed by atoms with Crippen molar-refractivity contribution >= 4 is 5.78 Å². The van der Waals surface area contributed by atoms with Crippen LogP contribution in [0.2, 0.25) is 0 Å². The van der Waals surface area contributed by atoms with Crippen LogP contribution in [-0.4, -0.2) is 20.1 Å². The SMILES string of the molecule is Cc1nn(C(C)(C)C)c(=O)n1CC1CCC(=O)CC1. The minimum absolute atomic E-state index is 0.0399. The van der Waals surface area contributed by atoms with E-state index >= 15 is 0 Å². The lowest BCUT2D eigenvalue weighted by Crippen LogP contribution is -2.36. The van der Waals surface area contributed by atoms with Crippen molar-refractivity contribution in [1.82, 2.24) is 14.3 Å². The van der Waals surface area contributed by atoms with Crippen molar-refractivity contribution in [2.45, 2.75) is 65.5 Å². The smallest absolute Gasteiger partial charge is 0.300 e. The molecule has 0 bridgehead atoms. The molecule has 1 aromatic rings. The molecule has 106 valence electrons. The molecule has 0 saturated heterocycles. The van der Waals surface area contributed by atoms with Crippen LogP contribution in [0.4, 0.5) is 0 Å². The summed E-state index contributed by atoms with van der Waals surface area (Å²) >= 11 is 0. The molecule has 0 atom stereocenters. The van der Waals surface area contributed by atoms with Crippen molar-refractivity contribution in [3.05, 3.63) is 16.3 Å². The van der Waals surface area contributed by atoms with Gasteiger partial charge >= 0.3 is 5.69 Å². The lowest BCUT2D eigenvalue weighted by atomic mass is 9.88. The van der Waals surface area contributed by atoms with E-state index in [2.05, 4.69) is 5.10 Å². The largest absolute Gasteiger partial charge is 0.346 e. The Balaban J connectivity index is 2.20. The van der Waals surface area contributed by atoms with Crippen LogP contribution in [0.3, 0.4) is 0 Å². The van der Waals surface area contributed by atoms with Crippen LogP contribution in [0.1, 0.15) is 52.3 Å². The normalized spacial score (nSPS) is 18.0. The van der Waals surface area contributed by atoms with Gasteiger partial charge in [0, 0.05) is 19.4 Å². The molecule has 1 saturated carbocycles. The highest BCUT2D eigenvalue weighted by molar-refractivity contribution is 5.78. The maximum absolute atomic E-state index is 12.4. The first kappa shape index (κ1) is 14.0. The third-order valence-corrected chi connectivity index (χ3v) is 3.79. The molecule has 5 heteroatoms. The molecule has 0 amide bonds. The molecular weight excluding hydrogens is 242 g/mol. The Labute approximate surface area is 113 Å². The second-order valence-electron chi connectivity index (χ2n) is 6.51. The van der Waals surface area contributed by atoms with E-state index in [0.29, 0.717) is 31.1 Å². The fourth-order valence-electron chi connectivity index (χ4n) is 2.58. The Morgan fingerprint density at radius 1 is 1.21 bits per heavy atom. The summed E-state index contributed by atoms with van der Waals surface area (Å²) < 4.78 is 3.31. The van der Waals surface area contributed by atoms with Crippen LogP contribution in [0, 0.1) is 12.8 Å². The van der Waals surface area contributed by atoms with Crippen molar-refractivity contribution in [3.8, 4) is 0 Å². The van der Waals surface area contributed by atoms with Gasteiger partial charge in [-0.3, -0.25) is 9.36 Å². The maximum Gasteiger partial charge on any atom is 0.346 e. The van der Waals surface area contributed by atoms with Crippen LogP contribution in [0.25, 0.3) is 0 Å². The number of Topliss-reactive ketones (excluding diaryl/α,β-unsaturated/α-hetero) is 1. The number of ketones is 1. The topological polar surface area (TPSA) is 56.9 Å². The average molecular weight is 265 g/mol. The highest BCUT2D eigenvalue weighted by Crippen LogP contribution is 2.23. The predicted molar refractivity (Wildman–Crippen MR) is 73.2 cm³/mol. The molecule has 2 rings (SSSR count). The highest BCUT2D eigenvalue weighted by atomic mass is 16.2. The van der Waals surface area contributed by atoms with Gasteiger partial charge in [-0.15, -0.1) is 0 Å². The number of aryl methyl sites for hydroxylation is 1. The standard InChI is InChI=1S/C14H23N3O2/c1-10-15-17(14(2,3)4)13(19)16(10)9-11-5-7-12(18)8-6-11/h11H,5-9H2,1-4H3. The average Bonchev–Trinajstić information content (AvgIpc) is 2.59. The van der Waals surface area contributed by atoms with Gasteiger partial charge in [0.05, 0.1) is 5.54 Å². The summed E-state index contributed by atoms with van der Waals surface area (Å²) in [7, 11) is 0. The van der Waals surface area contributed by atoms with E-state index in [9.17, 15) is 9.59 Å². The van der Waals surface area contributed by atoms with Gasteiger partial charge in [-0.25, -0.2) is 9.48 Å². The van der Waals surface area contributed by atoms with Crippen LogP contribution >= 0.6 is 0 Å². The Kier molecular flexibility index (Phi) is 3.65. The molecule has 0 spiro atoms. The molecule has 1 aromatic heterocycles. The molecule has 19 heavy (non-hydrogen) atoms. The van der Waals surface area contributed by atoms with Crippen LogP contribution in [0.5, 0.6) is 0 Å². The summed E-state index contributed by atoms with van der Waals surface area (Å²) in [5.41, 5.74) is -0.336. The second-order valence-corrected chi connectivity index (χ2v) is 6.51. The molecule has 1 aliphatic carbocycles. The summed E-state index contributed by atoms with van der Waals surface area (Å²) in [6.45, 7) is 8.49. The number of carbonyl (C=O) groups is 1. The van der Waals surface area contributed by atoms with Gasteiger partial charge < -0.3 is 0 Å². The van der Waals surface area contributed by atoms with Gasteiger partial charge in [0.2, 0.25) is 0 Å². The van der Waals surface area contributed by atoms with Crippen molar-refractivity contribution in [2.75, 3.05) is 0 Å². The van der Waals surface area contributed by atoms with Crippen molar-refractivity contribution in [3.63, 3.8) is 0 Å². The van der Waals surface area contributed by atoms with Gasteiger partial charge in [-0.2, -0.15) is 5.10 Å². The minimum Gasteiger partial charge on any atom is -0.300 e. The molecule has 1 aliphatic rings. The second kappa shape index (κ2) is 4.94. The molecule has 1 fully saturated rings. The Bertz CT molecular complexity index is 524. The van der Waals surface area contributed by atoms with Crippen LogP contribution < -0.4 is 5.69 Å². The van der Waals surface area contributed by atoms with Gasteiger partial charge in [0.15, 0.2) is 0 Å². The number of aromatic nitrogens is 3. The molecular formula is C14H23N3O2. The van der Waals surface area contributed by atoms with Gasteiger partial charge in [0.25, 0.3) is 0 Å². The van der Waals surface area contributed by atoms with E-state index in [4.69, 9.17) is 0 Å². The lowest BCUT2D eigenvalue weighted by molar-refractivity contribution is -0.121. The summed E-state index contributed by atoms with van der Waals surface area (Å²) in [6, 6.07) is 0. The van der Waals surface area contributed by atoms with E-state index in [1.807, 2.05) is 27.7 Å². The molecule has 0 unspecified atom stereocenters. The number of nitrogens with zero attached hydrogens (tertiary/aromatic N) is 3. The quantitative estimate of drug-likeness (QED) is 0.820. The van der Waals surface area contributed by atoms with Crippen molar-refractivity contribution < 1.29 is 4.79 Å². The Hall–Kier alpha value is -1.39. The van der Waals surface area contributed by atoms with Gasteiger partial charge in [-0.05, 0) is 46.5 Å². The zero-order chi connectivity index (χ0) is 14.2. The molecule has 0 aromatic carbocycles. The van der Waals surface area contributed by atoms with Crippen LogP contribution in [-0.2, 0) is 16.9 Å². The van der Waals surface area contributed by atoms with E-state index < -0.39 is 0 Å². The van der Waals surface area contributed by atoms with Crippen LogP contribution in [0.15, 0.2) is 4.79 Å².